The molecule has 1 N–H and O–H groups in total. The highest BCUT2D eigenvalue weighted by Crippen LogP contribution is 2.32. The second-order valence-corrected chi connectivity index (χ2v) is 11.2. The smallest absolute Gasteiger partial charge is 0.247 e. The Hall–Kier alpha value is -3.85. The number of methoxy groups -OCH3 is 2. The maximum atomic E-state index is 14.2. The fraction of sp³-hybridized carbons (Fsp3) is 0.375. The molecule has 0 radical (unpaired) electrons. The van der Waals surface area contributed by atoms with Crippen molar-refractivity contribution in [3.8, 4) is 11.5 Å². The average molecular weight is 575 g/mol. The van der Waals surface area contributed by atoms with E-state index in [9.17, 15) is 9.59 Å². The molecule has 1 aliphatic carbocycles. The second-order valence-electron chi connectivity index (χ2n) is 10.2. The molecule has 1 heterocycles. The molecule has 0 bridgehead atoms. The number of rotatable bonds is 11. The second kappa shape index (κ2) is 14.2. The Balaban J connectivity index is 1.68. The first-order valence-corrected chi connectivity index (χ1v) is 14.7. The number of aromatic nitrogens is 2. The highest BCUT2D eigenvalue weighted by Gasteiger charge is 2.37. The summed E-state index contributed by atoms with van der Waals surface area (Å²) < 4.78 is 10.9. The molecule has 0 saturated heterocycles. The Morgan fingerprint density at radius 2 is 1.78 bits per heavy atom. The van der Waals surface area contributed by atoms with Gasteiger partial charge in [0, 0.05) is 24.0 Å². The zero-order chi connectivity index (χ0) is 29.4. The summed E-state index contributed by atoms with van der Waals surface area (Å²) in [5, 5.41) is 3.62. The molecule has 41 heavy (non-hydrogen) atoms. The van der Waals surface area contributed by atoms with E-state index in [-0.39, 0.29) is 23.5 Å². The minimum absolute atomic E-state index is 0.0420. The molecule has 2 unspecified atom stereocenters. The minimum atomic E-state index is -0.695. The van der Waals surface area contributed by atoms with Crippen molar-refractivity contribution in [3.05, 3.63) is 83.2 Å². The van der Waals surface area contributed by atoms with Crippen molar-refractivity contribution < 1.29 is 19.1 Å². The molecule has 4 rings (SSSR count). The van der Waals surface area contributed by atoms with E-state index in [1.54, 1.807) is 37.3 Å². The van der Waals surface area contributed by atoms with Crippen molar-refractivity contribution in [2.24, 2.45) is 5.92 Å². The molecule has 2 amide bonds. The number of carbonyl (C=O) groups excluding carboxylic acids is 2. The average Bonchev–Trinajstić information content (AvgIpc) is 2.97. The molecule has 216 valence electrons. The van der Waals surface area contributed by atoms with Gasteiger partial charge in [-0.25, -0.2) is 9.97 Å². The van der Waals surface area contributed by atoms with Crippen molar-refractivity contribution >= 4 is 29.3 Å². The van der Waals surface area contributed by atoms with Gasteiger partial charge in [-0.1, -0.05) is 48.2 Å². The molecular formula is C32H38N4O4S. The molecule has 1 aliphatic rings. The van der Waals surface area contributed by atoms with Gasteiger partial charge in [-0.15, -0.1) is 0 Å². The van der Waals surface area contributed by atoms with Crippen LogP contribution in [0.2, 0.25) is 0 Å². The first-order chi connectivity index (χ1) is 19.8. The Morgan fingerprint density at radius 3 is 2.44 bits per heavy atom. The third kappa shape index (κ3) is 7.88. The summed E-state index contributed by atoms with van der Waals surface area (Å²) in [5.74, 6) is 0.794. The van der Waals surface area contributed by atoms with Crippen LogP contribution in [0.15, 0.2) is 65.8 Å². The van der Waals surface area contributed by atoms with Crippen molar-refractivity contribution in [2.75, 3.05) is 25.3 Å². The van der Waals surface area contributed by atoms with Crippen LogP contribution in [-0.4, -0.2) is 52.7 Å². The highest BCUT2D eigenvalue weighted by molar-refractivity contribution is 7.99. The molecule has 0 aliphatic heterocycles. The molecule has 8 nitrogen and oxygen atoms in total. The van der Waals surface area contributed by atoms with Gasteiger partial charge in [-0.05, 0) is 75.3 Å². The lowest BCUT2D eigenvalue weighted by Gasteiger charge is -2.37. The number of thioether (sulfide) groups is 1. The van der Waals surface area contributed by atoms with Gasteiger partial charge in [-0.3, -0.25) is 9.59 Å². The van der Waals surface area contributed by atoms with Gasteiger partial charge in [0.1, 0.15) is 17.5 Å². The summed E-state index contributed by atoms with van der Waals surface area (Å²) in [7, 11) is 3.13. The van der Waals surface area contributed by atoms with Gasteiger partial charge < -0.3 is 19.7 Å². The van der Waals surface area contributed by atoms with Crippen LogP contribution in [0.1, 0.15) is 41.8 Å². The minimum Gasteiger partial charge on any atom is -0.497 e. The van der Waals surface area contributed by atoms with Gasteiger partial charge >= 0.3 is 0 Å². The topological polar surface area (TPSA) is 93.7 Å². The van der Waals surface area contributed by atoms with Crippen LogP contribution in [0, 0.1) is 26.7 Å². The lowest BCUT2D eigenvalue weighted by Crippen LogP contribution is -2.52. The maximum Gasteiger partial charge on any atom is 0.247 e. The van der Waals surface area contributed by atoms with Crippen LogP contribution >= 0.6 is 11.8 Å². The fourth-order valence-corrected chi connectivity index (χ4v) is 5.94. The van der Waals surface area contributed by atoms with E-state index in [1.807, 2.05) is 51.1 Å². The van der Waals surface area contributed by atoms with Crippen LogP contribution < -0.4 is 14.8 Å². The number of hydrogen-bond acceptors (Lipinski definition) is 7. The largest absolute Gasteiger partial charge is 0.497 e. The van der Waals surface area contributed by atoms with E-state index in [1.165, 1.54) is 11.8 Å². The predicted molar refractivity (Wildman–Crippen MR) is 162 cm³/mol. The summed E-state index contributed by atoms with van der Waals surface area (Å²) in [6.45, 7) is 6.17. The van der Waals surface area contributed by atoms with Crippen LogP contribution in [0.3, 0.4) is 0 Å². The monoisotopic (exact) mass is 574 g/mol. The molecular weight excluding hydrogens is 536 g/mol. The van der Waals surface area contributed by atoms with Crippen LogP contribution in [0.5, 0.6) is 11.5 Å². The van der Waals surface area contributed by atoms with Gasteiger partial charge in [0.2, 0.25) is 11.8 Å². The number of nitrogens with one attached hydrogen (secondary N) is 1. The molecule has 0 fully saturated rings. The quantitative estimate of drug-likeness (QED) is 0.173. The zero-order valence-corrected chi connectivity index (χ0v) is 25.2. The number of amides is 2. The fourth-order valence-electron chi connectivity index (χ4n) is 5.10. The number of allylic oxidation sites excluding steroid dienone is 2. The predicted octanol–water partition coefficient (Wildman–Crippen LogP) is 5.90. The lowest BCUT2D eigenvalue weighted by atomic mass is 9.85. The SMILES string of the molecule is COc1ccc(NC(=O)C(C2CC=CCC2)N(Cc2ccccc2C)C(=O)CSc2nc(C)cc(C)n2)c(OC)c1. The number of nitrogens with zero attached hydrogens (tertiary/aromatic N) is 3. The first kappa shape index (κ1) is 30.1. The Morgan fingerprint density at radius 1 is 1.02 bits per heavy atom. The molecule has 9 heteroatoms. The summed E-state index contributed by atoms with van der Waals surface area (Å²) in [6, 6.07) is 14.4. The van der Waals surface area contributed by atoms with Gasteiger partial charge in [0.15, 0.2) is 5.16 Å². The highest BCUT2D eigenvalue weighted by atomic mass is 32.2. The van der Waals surface area contributed by atoms with Crippen LogP contribution in [-0.2, 0) is 16.1 Å². The number of ether oxygens (including phenoxy) is 2. The number of anilines is 1. The Kier molecular flexibility index (Phi) is 10.4. The summed E-state index contributed by atoms with van der Waals surface area (Å²) in [4.78, 5) is 39.0. The maximum absolute atomic E-state index is 14.2. The zero-order valence-electron chi connectivity index (χ0n) is 24.3. The molecule has 2 aromatic carbocycles. The van der Waals surface area contributed by atoms with Gasteiger partial charge in [0.05, 0.1) is 25.7 Å². The first-order valence-electron chi connectivity index (χ1n) is 13.8. The van der Waals surface area contributed by atoms with Crippen LogP contribution in [0.25, 0.3) is 0 Å². The number of benzene rings is 2. The molecule has 3 aromatic rings. The summed E-state index contributed by atoms with van der Waals surface area (Å²) in [5.41, 5.74) is 4.29. The Labute approximate surface area is 246 Å². The molecule has 2 atom stereocenters. The van der Waals surface area contributed by atoms with E-state index in [2.05, 4.69) is 27.4 Å². The van der Waals surface area contributed by atoms with Gasteiger partial charge in [-0.2, -0.15) is 0 Å². The number of carbonyl (C=O) groups is 2. The van der Waals surface area contributed by atoms with Crippen molar-refractivity contribution in [1.82, 2.24) is 14.9 Å². The number of hydrogen-bond donors (Lipinski definition) is 1. The van der Waals surface area contributed by atoms with E-state index in [0.29, 0.717) is 35.3 Å². The molecule has 0 spiro atoms. The van der Waals surface area contributed by atoms with Crippen molar-refractivity contribution in [2.45, 2.75) is 57.8 Å². The van der Waals surface area contributed by atoms with Gasteiger partial charge in [0.25, 0.3) is 0 Å². The van der Waals surface area contributed by atoms with Crippen molar-refractivity contribution in [3.63, 3.8) is 0 Å². The van der Waals surface area contributed by atoms with E-state index in [4.69, 9.17) is 9.47 Å². The van der Waals surface area contributed by atoms with E-state index in [0.717, 1.165) is 35.4 Å². The normalized spacial score (nSPS) is 15.2. The van der Waals surface area contributed by atoms with E-state index < -0.39 is 6.04 Å². The molecule has 1 aromatic heterocycles. The third-order valence-electron chi connectivity index (χ3n) is 7.24. The molecule has 0 saturated carbocycles. The standard InChI is InChI=1S/C32H38N4O4S/c1-21-11-9-10-14-25(21)19-36(29(37)20-41-32-33-22(2)17-23(3)34-32)30(24-12-7-6-8-13-24)31(38)35-27-16-15-26(39-4)18-28(27)40-5/h6-7,9-11,14-18,24,30H,8,12-13,19-20H2,1-5H3,(H,35,38). The summed E-state index contributed by atoms with van der Waals surface area (Å²) in [6.07, 6.45) is 6.62. The number of aryl methyl sites for hydroxylation is 3. The lowest BCUT2D eigenvalue weighted by molar-refractivity contribution is -0.139. The van der Waals surface area contributed by atoms with Crippen molar-refractivity contribution in [1.29, 1.82) is 0 Å². The van der Waals surface area contributed by atoms with Crippen LogP contribution in [0.4, 0.5) is 5.69 Å². The third-order valence-corrected chi connectivity index (χ3v) is 8.07. The Bertz CT molecular complexity index is 1390. The van der Waals surface area contributed by atoms with E-state index >= 15 is 0 Å². The summed E-state index contributed by atoms with van der Waals surface area (Å²) >= 11 is 1.30.